The molecule has 0 aliphatic heterocycles. The number of rotatable bonds is 5. The summed E-state index contributed by atoms with van der Waals surface area (Å²) in [5.74, 6) is -0.457. The van der Waals surface area contributed by atoms with Crippen LogP contribution >= 0.6 is 0 Å². The van der Waals surface area contributed by atoms with Gasteiger partial charge in [-0.25, -0.2) is 4.79 Å². The molecule has 1 aromatic heterocycles. The van der Waals surface area contributed by atoms with Gasteiger partial charge in [-0.15, -0.1) is 6.58 Å². The highest BCUT2D eigenvalue weighted by Crippen LogP contribution is 2.19. The first-order valence-electron chi connectivity index (χ1n) is 6.63. The summed E-state index contributed by atoms with van der Waals surface area (Å²) in [7, 11) is 0. The Bertz CT molecular complexity index is 733. The fourth-order valence-corrected chi connectivity index (χ4v) is 2.26. The van der Waals surface area contributed by atoms with Crippen molar-refractivity contribution in [1.82, 2.24) is 4.90 Å². The fourth-order valence-electron chi connectivity index (χ4n) is 2.26. The monoisotopic (exact) mass is 287 g/mol. The molecule has 5 nitrogen and oxygen atoms in total. The number of fused-ring (bicyclic) bond motifs is 1. The van der Waals surface area contributed by atoms with Crippen LogP contribution in [-0.2, 0) is 0 Å². The van der Waals surface area contributed by atoms with E-state index in [1.54, 1.807) is 31.2 Å². The van der Waals surface area contributed by atoms with Crippen LogP contribution in [0.1, 0.15) is 15.9 Å². The van der Waals surface area contributed by atoms with Crippen LogP contribution in [0.3, 0.4) is 0 Å². The maximum absolute atomic E-state index is 12.5. The third-order valence-corrected chi connectivity index (χ3v) is 3.29. The van der Waals surface area contributed by atoms with Crippen molar-refractivity contribution in [3.8, 4) is 0 Å². The molecule has 0 aliphatic carbocycles. The zero-order valence-corrected chi connectivity index (χ0v) is 11.8. The van der Waals surface area contributed by atoms with E-state index in [0.717, 1.165) is 5.39 Å². The minimum Gasteiger partial charge on any atom is -0.422 e. The highest BCUT2D eigenvalue weighted by molar-refractivity contribution is 5.99. The van der Waals surface area contributed by atoms with E-state index in [0.29, 0.717) is 11.1 Å². The van der Waals surface area contributed by atoms with Gasteiger partial charge in [-0.2, -0.15) is 0 Å². The van der Waals surface area contributed by atoms with Crippen LogP contribution in [0.4, 0.5) is 0 Å². The lowest BCUT2D eigenvalue weighted by atomic mass is 10.1. The van der Waals surface area contributed by atoms with Gasteiger partial charge >= 0.3 is 5.63 Å². The molecular weight excluding hydrogens is 270 g/mol. The van der Waals surface area contributed by atoms with Gasteiger partial charge in [-0.05, 0) is 18.6 Å². The first-order valence-corrected chi connectivity index (χ1v) is 6.63. The van der Waals surface area contributed by atoms with Crippen LogP contribution in [0.15, 0.2) is 46.1 Å². The topological polar surface area (TPSA) is 70.8 Å². The van der Waals surface area contributed by atoms with Crippen molar-refractivity contribution >= 4 is 16.9 Å². The number of aliphatic hydroxyl groups is 1. The van der Waals surface area contributed by atoms with Crippen LogP contribution in [-0.4, -0.2) is 35.6 Å². The summed E-state index contributed by atoms with van der Waals surface area (Å²) < 4.78 is 5.21. The van der Waals surface area contributed by atoms with Gasteiger partial charge in [0.05, 0.1) is 6.61 Å². The van der Waals surface area contributed by atoms with Crippen LogP contribution in [0.5, 0.6) is 0 Å². The van der Waals surface area contributed by atoms with Crippen molar-refractivity contribution in [2.75, 3.05) is 19.7 Å². The lowest BCUT2D eigenvalue weighted by Crippen LogP contribution is -2.37. The van der Waals surface area contributed by atoms with E-state index in [9.17, 15) is 9.59 Å². The van der Waals surface area contributed by atoms with Gasteiger partial charge in [0.15, 0.2) is 0 Å². The number of amides is 1. The van der Waals surface area contributed by atoms with Crippen molar-refractivity contribution in [3.05, 3.63) is 58.5 Å². The third-order valence-electron chi connectivity index (χ3n) is 3.29. The van der Waals surface area contributed by atoms with Crippen molar-refractivity contribution in [2.45, 2.75) is 6.92 Å². The minimum atomic E-state index is -0.664. The predicted molar refractivity (Wildman–Crippen MR) is 80.4 cm³/mol. The largest absolute Gasteiger partial charge is 0.422 e. The number of aryl methyl sites for hydroxylation is 1. The van der Waals surface area contributed by atoms with Crippen LogP contribution < -0.4 is 5.63 Å². The van der Waals surface area contributed by atoms with Crippen LogP contribution in [0, 0.1) is 6.92 Å². The molecule has 0 bridgehead atoms. The molecule has 2 aromatic rings. The maximum Gasteiger partial charge on any atom is 0.349 e. The molecule has 1 aromatic carbocycles. The Balaban J connectivity index is 2.57. The molecule has 0 radical (unpaired) electrons. The van der Waals surface area contributed by atoms with Crippen molar-refractivity contribution in [1.29, 1.82) is 0 Å². The Kier molecular flexibility index (Phi) is 4.55. The average molecular weight is 287 g/mol. The van der Waals surface area contributed by atoms with Gasteiger partial charge in [0.1, 0.15) is 11.1 Å². The summed E-state index contributed by atoms with van der Waals surface area (Å²) >= 11 is 0. The van der Waals surface area contributed by atoms with Gasteiger partial charge in [0, 0.05) is 18.5 Å². The molecule has 0 atom stereocenters. The quantitative estimate of drug-likeness (QED) is 0.671. The zero-order chi connectivity index (χ0) is 15.4. The molecule has 21 heavy (non-hydrogen) atoms. The molecule has 110 valence electrons. The Morgan fingerprint density at radius 2 is 2.14 bits per heavy atom. The molecule has 0 fully saturated rings. The van der Waals surface area contributed by atoms with E-state index >= 15 is 0 Å². The smallest absolute Gasteiger partial charge is 0.349 e. The second-order valence-corrected chi connectivity index (χ2v) is 4.65. The van der Waals surface area contributed by atoms with Gasteiger partial charge < -0.3 is 14.4 Å². The van der Waals surface area contributed by atoms with Crippen LogP contribution in [0.2, 0.25) is 0 Å². The normalized spacial score (nSPS) is 10.6. The number of carbonyl (C=O) groups is 1. The summed E-state index contributed by atoms with van der Waals surface area (Å²) in [4.78, 5) is 26.0. The van der Waals surface area contributed by atoms with Gasteiger partial charge in [0.2, 0.25) is 0 Å². The summed E-state index contributed by atoms with van der Waals surface area (Å²) in [5.41, 5.74) is 0.375. The van der Waals surface area contributed by atoms with E-state index in [-0.39, 0.29) is 25.3 Å². The Hall–Kier alpha value is -2.40. The highest BCUT2D eigenvalue weighted by Gasteiger charge is 2.22. The second-order valence-electron chi connectivity index (χ2n) is 4.65. The van der Waals surface area contributed by atoms with E-state index < -0.39 is 11.5 Å². The number of aliphatic hydroxyl groups excluding tert-OH is 1. The highest BCUT2D eigenvalue weighted by atomic mass is 16.4. The van der Waals surface area contributed by atoms with E-state index in [2.05, 4.69) is 6.58 Å². The standard InChI is InChI=1S/C16H17NO4/c1-3-8-17(9-10-18)15(19)14-11(2)12-6-4-5-7-13(12)21-16(14)20/h3-7,18H,1,8-10H2,2H3. The molecule has 0 spiro atoms. The molecule has 0 aliphatic rings. The van der Waals surface area contributed by atoms with E-state index in [1.165, 1.54) is 4.90 Å². The van der Waals surface area contributed by atoms with Crippen molar-refractivity contribution < 1.29 is 14.3 Å². The number of hydrogen-bond donors (Lipinski definition) is 1. The summed E-state index contributed by atoms with van der Waals surface area (Å²) in [5, 5.41) is 9.76. The molecule has 0 unspecified atom stereocenters. The number of benzene rings is 1. The summed E-state index contributed by atoms with van der Waals surface area (Å²) in [6.45, 7) is 5.50. The first-order chi connectivity index (χ1) is 10.1. The van der Waals surface area contributed by atoms with Crippen molar-refractivity contribution in [3.63, 3.8) is 0 Å². The van der Waals surface area contributed by atoms with Gasteiger partial charge in [0.25, 0.3) is 5.91 Å². The number of nitrogens with zero attached hydrogens (tertiary/aromatic N) is 1. The van der Waals surface area contributed by atoms with E-state index in [1.807, 2.05) is 6.07 Å². The van der Waals surface area contributed by atoms with Gasteiger partial charge in [-0.3, -0.25) is 4.79 Å². The lowest BCUT2D eigenvalue weighted by molar-refractivity contribution is 0.0738. The van der Waals surface area contributed by atoms with Crippen molar-refractivity contribution in [2.24, 2.45) is 0 Å². The number of para-hydroxylation sites is 1. The maximum atomic E-state index is 12.5. The molecule has 1 amide bonds. The zero-order valence-electron chi connectivity index (χ0n) is 11.8. The van der Waals surface area contributed by atoms with E-state index in [4.69, 9.17) is 9.52 Å². The molecular formula is C16H17NO4. The molecule has 1 heterocycles. The Morgan fingerprint density at radius 3 is 2.81 bits per heavy atom. The number of carbonyl (C=O) groups excluding carboxylic acids is 1. The predicted octanol–water partition coefficient (Wildman–Crippen LogP) is 1.72. The molecule has 2 rings (SSSR count). The average Bonchev–Trinajstić information content (AvgIpc) is 2.47. The third kappa shape index (κ3) is 2.87. The molecule has 5 heteroatoms. The van der Waals surface area contributed by atoms with Crippen LogP contribution in [0.25, 0.3) is 11.0 Å². The molecule has 0 saturated heterocycles. The Morgan fingerprint density at radius 1 is 1.43 bits per heavy atom. The van der Waals surface area contributed by atoms with Gasteiger partial charge in [-0.1, -0.05) is 24.3 Å². The number of hydrogen-bond acceptors (Lipinski definition) is 4. The summed E-state index contributed by atoms with van der Waals surface area (Å²) in [6.07, 6.45) is 1.55. The Labute approximate surface area is 122 Å². The second kappa shape index (κ2) is 6.37. The SMILES string of the molecule is C=CCN(CCO)C(=O)c1c(C)c2ccccc2oc1=O. The lowest BCUT2D eigenvalue weighted by Gasteiger charge is -2.20. The summed E-state index contributed by atoms with van der Waals surface area (Å²) in [6, 6.07) is 7.07. The fraction of sp³-hybridized carbons (Fsp3) is 0.250. The molecule has 0 saturated carbocycles. The first kappa shape index (κ1) is 15.0. The molecule has 1 N–H and O–H groups in total. The minimum absolute atomic E-state index is 0.00370.